The fourth-order valence-corrected chi connectivity index (χ4v) is 1.80. The number of carbonyl (C=O) groups is 1. The molecule has 0 saturated heterocycles. The van der Waals surface area contributed by atoms with Gasteiger partial charge < -0.3 is 10.2 Å². The number of hydrogen-bond acceptors (Lipinski definition) is 2. The molecule has 1 unspecified atom stereocenters. The average molecular weight is 262 g/mol. The van der Waals surface area contributed by atoms with Crippen LogP contribution in [0.1, 0.15) is 26.3 Å². The lowest BCUT2D eigenvalue weighted by atomic mass is 9.95. The van der Waals surface area contributed by atoms with Crippen molar-refractivity contribution in [2.45, 2.75) is 33.2 Å². The number of nitrogens with one attached hydrogen (secondary N) is 1. The maximum atomic E-state index is 11.9. The van der Waals surface area contributed by atoms with Crippen LogP contribution in [0.4, 0.5) is 0 Å². The van der Waals surface area contributed by atoms with Crippen molar-refractivity contribution in [1.82, 2.24) is 10.2 Å². The number of benzene rings is 1. The van der Waals surface area contributed by atoms with E-state index < -0.39 is 0 Å². The Bertz CT molecular complexity index is 393. The highest BCUT2D eigenvalue weighted by molar-refractivity contribution is 5.81. The number of rotatable bonds is 5. The molecule has 0 radical (unpaired) electrons. The number of carbonyl (C=O) groups excluding carboxylic acids is 1. The minimum absolute atomic E-state index is 0.104. The Morgan fingerprint density at radius 3 is 2.26 bits per heavy atom. The van der Waals surface area contributed by atoms with E-state index in [2.05, 4.69) is 48.6 Å². The van der Waals surface area contributed by atoms with E-state index in [0.29, 0.717) is 12.6 Å². The second-order valence-corrected chi connectivity index (χ2v) is 6.27. The molecule has 0 aliphatic rings. The summed E-state index contributed by atoms with van der Waals surface area (Å²) in [5.74, 6) is 0.104. The molecule has 106 valence electrons. The van der Waals surface area contributed by atoms with Gasteiger partial charge >= 0.3 is 0 Å². The van der Waals surface area contributed by atoms with Crippen LogP contribution in [0.3, 0.4) is 0 Å². The maximum Gasteiger partial charge on any atom is 0.225 e. The minimum Gasteiger partial charge on any atom is -0.354 e. The molecule has 1 aromatic carbocycles. The lowest BCUT2D eigenvalue weighted by molar-refractivity contribution is -0.128. The molecule has 0 spiro atoms. The van der Waals surface area contributed by atoms with Gasteiger partial charge in [0, 0.05) is 18.0 Å². The first-order chi connectivity index (χ1) is 8.80. The molecule has 1 atom stereocenters. The largest absolute Gasteiger partial charge is 0.354 e. The minimum atomic E-state index is -0.330. The molecule has 0 fully saturated rings. The van der Waals surface area contributed by atoms with E-state index in [1.165, 1.54) is 5.56 Å². The normalized spacial score (nSPS) is 13.4. The van der Waals surface area contributed by atoms with E-state index in [1.54, 1.807) is 0 Å². The van der Waals surface area contributed by atoms with Crippen molar-refractivity contribution in [1.29, 1.82) is 0 Å². The van der Waals surface area contributed by atoms with E-state index in [1.807, 2.05) is 26.8 Å². The number of amides is 1. The molecule has 0 aromatic heterocycles. The molecular weight excluding hydrogens is 236 g/mol. The zero-order valence-electron chi connectivity index (χ0n) is 12.7. The first-order valence-electron chi connectivity index (χ1n) is 6.79. The van der Waals surface area contributed by atoms with E-state index in [4.69, 9.17) is 0 Å². The van der Waals surface area contributed by atoms with E-state index in [0.717, 1.165) is 6.42 Å². The predicted octanol–water partition coefficient (Wildman–Crippen LogP) is 2.32. The molecule has 0 aliphatic heterocycles. The Hall–Kier alpha value is -1.35. The van der Waals surface area contributed by atoms with Crippen LogP contribution >= 0.6 is 0 Å². The zero-order chi connectivity index (χ0) is 14.5. The monoisotopic (exact) mass is 262 g/mol. The van der Waals surface area contributed by atoms with Crippen molar-refractivity contribution < 1.29 is 4.79 Å². The van der Waals surface area contributed by atoms with Crippen LogP contribution in [0, 0.1) is 5.41 Å². The SMILES string of the molecule is CN(C)C(CNC(=O)C(C)(C)C)Cc1ccccc1. The van der Waals surface area contributed by atoms with Crippen molar-refractivity contribution in [2.75, 3.05) is 20.6 Å². The first kappa shape index (κ1) is 15.7. The van der Waals surface area contributed by atoms with Gasteiger partial charge in [-0.3, -0.25) is 4.79 Å². The molecule has 1 aromatic rings. The second-order valence-electron chi connectivity index (χ2n) is 6.27. The first-order valence-corrected chi connectivity index (χ1v) is 6.79. The van der Waals surface area contributed by atoms with Gasteiger partial charge in [-0.15, -0.1) is 0 Å². The lowest BCUT2D eigenvalue weighted by Gasteiger charge is -2.26. The van der Waals surface area contributed by atoms with Gasteiger partial charge in [-0.1, -0.05) is 51.1 Å². The predicted molar refractivity (Wildman–Crippen MR) is 80.1 cm³/mol. The molecular formula is C16H26N2O. The number of likely N-dealkylation sites (N-methyl/N-ethyl adjacent to an activating group) is 1. The van der Waals surface area contributed by atoms with E-state index in [9.17, 15) is 4.79 Å². The van der Waals surface area contributed by atoms with Gasteiger partial charge in [0.05, 0.1) is 0 Å². The number of hydrogen-bond donors (Lipinski definition) is 1. The van der Waals surface area contributed by atoms with Gasteiger partial charge in [0.2, 0.25) is 5.91 Å². The molecule has 0 aliphatic carbocycles. The summed E-state index contributed by atoms with van der Waals surface area (Å²) in [6, 6.07) is 10.7. The average Bonchev–Trinajstić information content (AvgIpc) is 2.33. The van der Waals surface area contributed by atoms with Crippen LogP contribution in [-0.4, -0.2) is 37.5 Å². The summed E-state index contributed by atoms with van der Waals surface area (Å²) in [7, 11) is 4.10. The second kappa shape index (κ2) is 6.71. The molecule has 0 saturated carbocycles. The Kier molecular flexibility index (Phi) is 5.55. The molecule has 3 heteroatoms. The Labute approximate surface area is 117 Å². The summed E-state index contributed by atoms with van der Waals surface area (Å²) in [4.78, 5) is 14.1. The molecule has 0 heterocycles. The van der Waals surface area contributed by atoms with Crippen molar-refractivity contribution in [3.8, 4) is 0 Å². The van der Waals surface area contributed by atoms with Crippen molar-refractivity contribution in [3.05, 3.63) is 35.9 Å². The molecule has 1 rings (SSSR count). The third-order valence-electron chi connectivity index (χ3n) is 3.22. The van der Waals surface area contributed by atoms with Gasteiger partial charge in [0.25, 0.3) is 0 Å². The van der Waals surface area contributed by atoms with Crippen LogP contribution in [0.5, 0.6) is 0 Å². The van der Waals surface area contributed by atoms with Gasteiger partial charge in [-0.2, -0.15) is 0 Å². The summed E-state index contributed by atoms with van der Waals surface area (Å²) < 4.78 is 0. The van der Waals surface area contributed by atoms with Gasteiger partial charge in [0.1, 0.15) is 0 Å². The zero-order valence-corrected chi connectivity index (χ0v) is 12.7. The molecule has 0 bridgehead atoms. The van der Waals surface area contributed by atoms with Gasteiger partial charge in [-0.25, -0.2) is 0 Å². The highest BCUT2D eigenvalue weighted by atomic mass is 16.2. The van der Waals surface area contributed by atoms with Gasteiger partial charge in [0.15, 0.2) is 0 Å². The Morgan fingerprint density at radius 2 is 1.79 bits per heavy atom. The van der Waals surface area contributed by atoms with Crippen molar-refractivity contribution >= 4 is 5.91 Å². The maximum absolute atomic E-state index is 11.9. The molecule has 19 heavy (non-hydrogen) atoms. The fourth-order valence-electron chi connectivity index (χ4n) is 1.80. The lowest BCUT2D eigenvalue weighted by Crippen LogP contribution is -2.44. The van der Waals surface area contributed by atoms with Crippen LogP contribution in [0.2, 0.25) is 0 Å². The van der Waals surface area contributed by atoms with Crippen LogP contribution < -0.4 is 5.32 Å². The quantitative estimate of drug-likeness (QED) is 0.883. The molecule has 1 N–H and O–H groups in total. The van der Waals surface area contributed by atoms with Crippen LogP contribution in [-0.2, 0) is 11.2 Å². The summed E-state index contributed by atoms with van der Waals surface area (Å²) >= 11 is 0. The summed E-state index contributed by atoms with van der Waals surface area (Å²) in [5, 5.41) is 3.04. The Morgan fingerprint density at radius 1 is 1.21 bits per heavy atom. The van der Waals surface area contributed by atoms with Crippen molar-refractivity contribution in [3.63, 3.8) is 0 Å². The molecule has 1 amide bonds. The summed E-state index contributed by atoms with van der Waals surface area (Å²) in [6.07, 6.45) is 0.943. The third-order valence-corrected chi connectivity index (χ3v) is 3.22. The smallest absolute Gasteiger partial charge is 0.225 e. The summed E-state index contributed by atoms with van der Waals surface area (Å²) in [5.41, 5.74) is 0.968. The highest BCUT2D eigenvalue weighted by Gasteiger charge is 2.22. The topological polar surface area (TPSA) is 32.3 Å². The highest BCUT2D eigenvalue weighted by Crippen LogP contribution is 2.13. The Balaban J connectivity index is 2.57. The fraction of sp³-hybridized carbons (Fsp3) is 0.562. The van der Waals surface area contributed by atoms with Crippen molar-refractivity contribution in [2.24, 2.45) is 5.41 Å². The van der Waals surface area contributed by atoms with Crippen LogP contribution in [0.25, 0.3) is 0 Å². The standard InChI is InChI=1S/C16H26N2O/c1-16(2,3)15(19)17-12-14(18(4)5)11-13-9-7-6-8-10-13/h6-10,14H,11-12H2,1-5H3,(H,17,19). The van der Waals surface area contributed by atoms with Gasteiger partial charge in [-0.05, 0) is 26.1 Å². The number of nitrogens with zero attached hydrogens (tertiary/aromatic N) is 1. The van der Waals surface area contributed by atoms with Crippen LogP contribution in [0.15, 0.2) is 30.3 Å². The van der Waals surface area contributed by atoms with E-state index >= 15 is 0 Å². The summed E-state index contributed by atoms with van der Waals surface area (Å²) in [6.45, 7) is 6.48. The van der Waals surface area contributed by atoms with E-state index in [-0.39, 0.29) is 11.3 Å². The third kappa shape index (κ3) is 5.43. The molecule has 3 nitrogen and oxygen atoms in total.